The highest BCUT2D eigenvalue weighted by Gasteiger charge is 2.28. The van der Waals surface area contributed by atoms with E-state index in [2.05, 4.69) is 15.6 Å². The van der Waals surface area contributed by atoms with E-state index < -0.39 is 12.0 Å². The van der Waals surface area contributed by atoms with Crippen molar-refractivity contribution in [2.45, 2.75) is 31.6 Å². The molecule has 1 heterocycles. The zero-order chi connectivity index (χ0) is 26.5. The Morgan fingerprint density at radius 2 is 1.68 bits per heavy atom. The number of para-hydroxylation sites is 1. The number of hydrogen-bond acceptors (Lipinski definition) is 5. The number of thiazole rings is 1. The molecule has 1 aromatic heterocycles. The monoisotopic (exact) mass is 547 g/mol. The minimum absolute atomic E-state index is 0.231. The van der Waals surface area contributed by atoms with Crippen LogP contribution in [0.25, 0.3) is 10.4 Å². The van der Waals surface area contributed by atoms with E-state index in [1.165, 1.54) is 0 Å². The number of carbonyl (C=O) groups excluding carboxylic acids is 1. The summed E-state index contributed by atoms with van der Waals surface area (Å²) >= 11 is 7.79. The Morgan fingerprint density at radius 3 is 2.39 bits per heavy atom. The molecule has 4 aromatic rings. The van der Waals surface area contributed by atoms with Crippen molar-refractivity contribution < 1.29 is 19.4 Å². The van der Waals surface area contributed by atoms with Crippen LogP contribution in [0.5, 0.6) is 11.5 Å². The Labute approximate surface area is 229 Å². The molecule has 1 aliphatic carbocycles. The molecule has 0 bridgehead atoms. The Bertz CT molecular complexity index is 1420. The Kier molecular flexibility index (Phi) is 7.91. The van der Waals surface area contributed by atoms with E-state index in [0.29, 0.717) is 46.7 Å². The summed E-state index contributed by atoms with van der Waals surface area (Å²) in [6, 6.07) is 21.5. The molecule has 0 saturated heterocycles. The number of aliphatic carboxylic acids is 1. The number of aromatic nitrogens is 1. The Hall–Kier alpha value is -3.88. The first-order valence-corrected chi connectivity index (χ1v) is 13.5. The molecule has 38 heavy (non-hydrogen) atoms. The molecular formula is C29H26ClN3O4S. The minimum Gasteiger partial charge on any atom is -0.481 e. The number of carboxylic acids is 1. The van der Waals surface area contributed by atoms with Gasteiger partial charge in [-0.05, 0) is 67.6 Å². The molecule has 0 aliphatic heterocycles. The predicted octanol–water partition coefficient (Wildman–Crippen LogP) is 8.26. The molecule has 2 amide bonds. The quantitative estimate of drug-likeness (QED) is 0.216. The number of rotatable bonds is 7. The second-order valence-electron chi connectivity index (χ2n) is 9.16. The fourth-order valence-corrected chi connectivity index (χ4v) is 5.75. The van der Waals surface area contributed by atoms with Gasteiger partial charge in [-0.1, -0.05) is 41.9 Å². The first-order chi connectivity index (χ1) is 18.4. The number of nitrogens with one attached hydrogen (secondary N) is 2. The second kappa shape index (κ2) is 11.7. The average Bonchev–Trinajstić information content (AvgIpc) is 3.42. The van der Waals surface area contributed by atoms with Crippen LogP contribution in [0.2, 0.25) is 5.02 Å². The number of nitrogens with zero attached hydrogens (tertiary/aromatic N) is 1. The van der Waals surface area contributed by atoms with E-state index in [-0.39, 0.29) is 5.92 Å². The van der Waals surface area contributed by atoms with Gasteiger partial charge in [0.15, 0.2) is 5.75 Å². The van der Waals surface area contributed by atoms with Crippen LogP contribution in [0.15, 0.2) is 79.0 Å². The van der Waals surface area contributed by atoms with Gasteiger partial charge < -0.3 is 20.5 Å². The third kappa shape index (κ3) is 6.33. The van der Waals surface area contributed by atoms with E-state index in [1.54, 1.807) is 29.5 Å². The lowest BCUT2D eigenvalue weighted by Crippen LogP contribution is -2.20. The van der Waals surface area contributed by atoms with Crippen molar-refractivity contribution >= 4 is 46.3 Å². The van der Waals surface area contributed by atoms with Crippen molar-refractivity contribution in [1.29, 1.82) is 0 Å². The fraction of sp³-hybridized carbons (Fsp3) is 0.207. The molecule has 1 fully saturated rings. The topological polar surface area (TPSA) is 101 Å². The summed E-state index contributed by atoms with van der Waals surface area (Å²) in [5.74, 6) is 0.461. The zero-order valence-electron chi connectivity index (χ0n) is 20.4. The summed E-state index contributed by atoms with van der Waals surface area (Å²) in [5, 5.41) is 16.4. The summed E-state index contributed by atoms with van der Waals surface area (Å²) in [6.07, 6.45) is 4.98. The van der Waals surface area contributed by atoms with Gasteiger partial charge in [0.2, 0.25) is 0 Å². The predicted molar refractivity (Wildman–Crippen MR) is 150 cm³/mol. The number of anilines is 2. The summed E-state index contributed by atoms with van der Waals surface area (Å²) in [6.45, 7) is 0. The Balaban J connectivity index is 1.20. The summed E-state index contributed by atoms with van der Waals surface area (Å²) in [7, 11) is 0. The van der Waals surface area contributed by atoms with Gasteiger partial charge in [-0.2, -0.15) is 0 Å². The number of ether oxygens (including phenoxy) is 1. The average molecular weight is 548 g/mol. The molecule has 0 radical (unpaired) electrons. The zero-order valence-corrected chi connectivity index (χ0v) is 22.0. The first kappa shape index (κ1) is 25.8. The third-order valence-corrected chi connectivity index (χ3v) is 7.98. The van der Waals surface area contributed by atoms with Gasteiger partial charge in [0.25, 0.3) is 0 Å². The smallest absolute Gasteiger partial charge is 0.323 e. The number of halogens is 1. The van der Waals surface area contributed by atoms with Crippen molar-refractivity contribution in [3.05, 3.63) is 89.0 Å². The number of urea groups is 1. The fourth-order valence-electron chi connectivity index (χ4n) is 4.50. The van der Waals surface area contributed by atoms with Crippen LogP contribution >= 0.6 is 22.9 Å². The molecular weight excluding hydrogens is 522 g/mol. The molecule has 1 saturated carbocycles. The normalized spacial score (nSPS) is 17.0. The highest BCUT2D eigenvalue weighted by Crippen LogP contribution is 2.39. The minimum atomic E-state index is -0.695. The molecule has 0 unspecified atom stereocenters. The molecule has 0 atom stereocenters. The van der Waals surface area contributed by atoms with Gasteiger partial charge >= 0.3 is 12.0 Å². The van der Waals surface area contributed by atoms with Gasteiger partial charge in [-0.15, -0.1) is 11.3 Å². The maximum absolute atomic E-state index is 12.7. The largest absolute Gasteiger partial charge is 0.481 e. The number of hydrogen-bond donors (Lipinski definition) is 3. The molecule has 194 valence electrons. The van der Waals surface area contributed by atoms with Crippen LogP contribution in [0, 0.1) is 5.92 Å². The van der Waals surface area contributed by atoms with Gasteiger partial charge in [0.1, 0.15) is 5.75 Å². The molecule has 3 N–H and O–H groups in total. The van der Waals surface area contributed by atoms with Crippen LogP contribution < -0.4 is 15.4 Å². The molecule has 9 heteroatoms. The summed E-state index contributed by atoms with van der Waals surface area (Å²) in [5.41, 5.74) is 2.14. The van der Waals surface area contributed by atoms with E-state index in [9.17, 15) is 14.7 Å². The molecule has 7 nitrogen and oxygen atoms in total. The maximum Gasteiger partial charge on any atom is 0.323 e. The SMILES string of the molecule is O=C(Nc1ccc(-c2cnc(C3CCC(C(=O)O)CC3)s2)cc1)Nc1ccc(Cl)cc1Oc1ccccc1. The highest BCUT2D eigenvalue weighted by molar-refractivity contribution is 7.15. The van der Waals surface area contributed by atoms with E-state index in [0.717, 1.165) is 28.3 Å². The van der Waals surface area contributed by atoms with Crippen LogP contribution in [0.1, 0.15) is 36.6 Å². The third-order valence-electron chi connectivity index (χ3n) is 6.54. The lowest BCUT2D eigenvalue weighted by molar-refractivity contribution is -0.142. The van der Waals surface area contributed by atoms with Crippen LogP contribution in [-0.2, 0) is 4.79 Å². The maximum atomic E-state index is 12.7. The van der Waals surface area contributed by atoms with Crippen molar-refractivity contribution in [2.24, 2.45) is 5.92 Å². The molecule has 5 rings (SSSR count). The highest BCUT2D eigenvalue weighted by atomic mass is 35.5. The van der Waals surface area contributed by atoms with Gasteiger partial charge in [-0.3, -0.25) is 4.79 Å². The van der Waals surface area contributed by atoms with Crippen LogP contribution in [0.4, 0.5) is 16.2 Å². The van der Waals surface area contributed by atoms with Crippen LogP contribution in [0.3, 0.4) is 0 Å². The number of carbonyl (C=O) groups is 2. The number of benzene rings is 3. The van der Waals surface area contributed by atoms with Gasteiger partial charge in [0.05, 0.1) is 21.5 Å². The van der Waals surface area contributed by atoms with E-state index in [4.69, 9.17) is 16.3 Å². The summed E-state index contributed by atoms with van der Waals surface area (Å²) < 4.78 is 5.91. The van der Waals surface area contributed by atoms with E-state index >= 15 is 0 Å². The lowest BCUT2D eigenvalue weighted by Gasteiger charge is -2.24. The number of amides is 2. The lowest BCUT2D eigenvalue weighted by atomic mass is 9.82. The van der Waals surface area contributed by atoms with Crippen molar-refractivity contribution in [3.8, 4) is 21.9 Å². The summed E-state index contributed by atoms with van der Waals surface area (Å²) in [4.78, 5) is 29.6. The Morgan fingerprint density at radius 1 is 0.947 bits per heavy atom. The van der Waals surface area contributed by atoms with Gasteiger partial charge in [-0.25, -0.2) is 9.78 Å². The first-order valence-electron chi connectivity index (χ1n) is 12.3. The standard InChI is InChI=1S/C29H26ClN3O4S/c30-21-12-15-24(25(16-21)37-23-4-2-1-3-5-23)33-29(36)32-22-13-10-18(11-14-22)26-17-31-27(38-26)19-6-8-20(9-7-19)28(34)35/h1-5,10-17,19-20H,6-9H2,(H,34,35)(H2,32,33,36). The van der Waals surface area contributed by atoms with Crippen molar-refractivity contribution in [3.63, 3.8) is 0 Å². The molecule has 3 aromatic carbocycles. The van der Waals surface area contributed by atoms with Crippen molar-refractivity contribution in [2.75, 3.05) is 10.6 Å². The van der Waals surface area contributed by atoms with Crippen LogP contribution in [-0.4, -0.2) is 22.1 Å². The number of carboxylic acid groups (broad SMARTS) is 1. The second-order valence-corrected chi connectivity index (χ2v) is 10.7. The van der Waals surface area contributed by atoms with Gasteiger partial charge in [0, 0.05) is 28.9 Å². The molecule has 0 spiro atoms. The van der Waals surface area contributed by atoms with Crippen molar-refractivity contribution in [1.82, 2.24) is 4.98 Å². The van der Waals surface area contributed by atoms with E-state index in [1.807, 2.05) is 60.8 Å². The molecule has 1 aliphatic rings.